The standard InChI is InChI=1S/C21H20N2OS/c1-15-11-12-16(2)18(14-15)23-21(24)20(17-8-4-3-5-9-17)25-19-10-6-7-13-22-19/h3-14,20H,1-2H3,(H,23,24)/t20-/m0/s1. The van der Waals surface area contributed by atoms with Crippen LogP contribution in [0.1, 0.15) is 21.9 Å². The monoisotopic (exact) mass is 348 g/mol. The van der Waals surface area contributed by atoms with Gasteiger partial charge in [-0.1, -0.05) is 60.3 Å². The van der Waals surface area contributed by atoms with E-state index in [1.807, 2.05) is 80.6 Å². The zero-order valence-electron chi connectivity index (χ0n) is 14.3. The highest BCUT2D eigenvalue weighted by Gasteiger charge is 2.23. The fourth-order valence-corrected chi connectivity index (χ4v) is 3.49. The summed E-state index contributed by atoms with van der Waals surface area (Å²) in [4.78, 5) is 17.4. The first-order chi connectivity index (χ1) is 12.1. The van der Waals surface area contributed by atoms with Crippen LogP contribution < -0.4 is 5.32 Å². The van der Waals surface area contributed by atoms with Crippen molar-refractivity contribution in [3.8, 4) is 0 Å². The lowest BCUT2D eigenvalue weighted by Crippen LogP contribution is -2.19. The van der Waals surface area contributed by atoms with Crippen molar-refractivity contribution >= 4 is 23.4 Å². The number of nitrogens with one attached hydrogen (secondary N) is 1. The molecule has 0 saturated heterocycles. The molecular formula is C21H20N2OS. The summed E-state index contributed by atoms with van der Waals surface area (Å²) in [7, 11) is 0. The highest BCUT2D eigenvalue weighted by Crippen LogP contribution is 2.35. The second-order valence-electron chi connectivity index (χ2n) is 5.88. The molecule has 0 aliphatic rings. The van der Waals surface area contributed by atoms with E-state index in [1.54, 1.807) is 6.20 Å². The first kappa shape index (κ1) is 17.2. The molecule has 0 unspecified atom stereocenters. The first-order valence-electron chi connectivity index (χ1n) is 8.14. The number of aryl methyl sites for hydroxylation is 2. The fraction of sp³-hybridized carbons (Fsp3) is 0.143. The number of carbonyl (C=O) groups excluding carboxylic acids is 1. The maximum absolute atomic E-state index is 13.0. The van der Waals surface area contributed by atoms with Crippen molar-refractivity contribution in [3.63, 3.8) is 0 Å². The van der Waals surface area contributed by atoms with Crippen LogP contribution in [0.5, 0.6) is 0 Å². The Morgan fingerprint density at radius 2 is 1.76 bits per heavy atom. The molecule has 0 saturated carbocycles. The van der Waals surface area contributed by atoms with E-state index in [2.05, 4.69) is 10.3 Å². The molecule has 0 radical (unpaired) electrons. The van der Waals surface area contributed by atoms with E-state index in [4.69, 9.17) is 0 Å². The summed E-state index contributed by atoms with van der Waals surface area (Å²) < 4.78 is 0. The average Bonchev–Trinajstić information content (AvgIpc) is 2.64. The Balaban J connectivity index is 1.88. The lowest BCUT2D eigenvalue weighted by Gasteiger charge is -2.18. The Morgan fingerprint density at radius 3 is 2.48 bits per heavy atom. The Hall–Kier alpha value is -2.59. The second-order valence-corrected chi connectivity index (χ2v) is 7.01. The van der Waals surface area contributed by atoms with Gasteiger partial charge in [-0.2, -0.15) is 0 Å². The number of pyridine rings is 1. The van der Waals surface area contributed by atoms with Gasteiger partial charge in [0.05, 0.1) is 5.03 Å². The van der Waals surface area contributed by atoms with Crippen molar-refractivity contribution in [2.24, 2.45) is 0 Å². The third-order valence-electron chi connectivity index (χ3n) is 3.87. The van der Waals surface area contributed by atoms with Crippen LogP contribution in [0.2, 0.25) is 0 Å². The highest BCUT2D eigenvalue weighted by atomic mass is 32.2. The fourth-order valence-electron chi connectivity index (χ4n) is 2.51. The lowest BCUT2D eigenvalue weighted by atomic mass is 10.1. The molecule has 1 heterocycles. The van der Waals surface area contributed by atoms with Gasteiger partial charge in [0.1, 0.15) is 5.25 Å². The van der Waals surface area contributed by atoms with Gasteiger partial charge in [-0.3, -0.25) is 4.79 Å². The molecule has 1 aromatic heterocycles. The molecule has 126 valence electrons. The number of aromatic nitrogens is 1. The third kappa shape index (κ3) is 4.48. The molecule has 3 aromatic rings. The molecule has 0 aliphatic heterocycles. The van der Waals surface area contributed by atoms with Gasteiger partial charge in [0.25, 0.3) is 0 Å². The molecule has 4 heteroatoms. The van der Waals surface area contributed by atoms with Crippen molar-refractivity contribution in [2.75, 3.05) is 5.32 Å². The Labute approximate surface area is 152 Å². The molecule has 0 bridgehead atoms. The first-order valence-corrected chi connectivity index (χ1v) is 9.02. The smallest absolute Gasteiger partial charge is 0.242 e. The topological polar surface area (TPSA) is 42.0 Å². The SMILES string of the molecule is Cc1ccc(C)c(NC(=O)[C@@H](Sc2ccccn2)c2ccccc2)c1. The predicted octanol–water partition coefficient (Wildman–Crippen LogP) is 5.17. The number of carbonyl (C=O) groups is 1. The van der Waals surface area contributed by atoms with E-state index in [-0.39, 0.29) is 11.2 Å². The largest absolute Gasteiger partial charge is 0.325 e. The average molecular weight is 348 g/mol. The molecular weight excluding hydrogens is 328 g/mol. The van der Waals surface area contributed by atoms with Crippen LogP contribution in [0.3, 0.4) is 0 Å². The normalized spacial score (nSPS) is 11.8. The number of nitrogens with zero attached hydrogens (tertiary/aromatic N) is 1. The minimum Gasteiger partial charge on any atom is -0.325 e. The number of anilines is 1. The number of benzene rings is 2. The molecule has 1 atom stereocenters. The van der Waals surface area contributed by atoms with E-state index >= 15 is 0 Å². The number of thioether (sulfide) groups is 1. The van der Waals surface area contributed by atoms with Crippen LogP contribution in [-0.4, -0.2) is 10.9 Å². The Bertz CT molecular complexity index is 850. The summed E-state index contributed by atoms with van der Waals surface area (Å²) in [5.74, 6) is -0.0458. The number of hydrogen-bond acceptors (Lipinski definition) is 3. The molecule has 3 nitrogen and oxygen atoms in total. The maximum atomic E-state index is 13.0. The van der Waals surface area contributed by atoms with Crippen molar-refractivity contribution < 1.29 is 4.79 Å². The highest BCUT2D eigenvalue weighted by molar-refractivity contribution is 8.00. The summed E-state index contributed by atoms with van der Waals surface area (Å²) in [5.41, 5.74) is 3.98. The van der Waals surface area contributed by atoms with Gasteiger partial charge in [0.2, 0.25) is 5.91 Å². The zero-order chi connectivity index (χ0) is 17.6. The molecule has 1 amide bonds. The van der Waals surface area contributed by atoms with E-state index in [1.165, 1.54) is 11.8 Å². The predicted molar refractivity (Wildman–Crippen MR) is 104 cm³/mol. The van der Waals surface area contributed by atoms with Gasteiger partial charge >= 0.3 is 0 Å². The van der Waals surface area contributed by atoms with Crippen LogP contribution in [0.15, 0.2) is 78.0 Å². The summed E-state index contributed by atoms with van der Waals surface area (Å²) in [6.45, 7) is 4.02. The van der Waals surface area contributed by atoms with Gasteiger partial charge < -0.3 is 5.32 Å². The van der Waals surface area contributed by atoms with E-state index in [0.717, 1.165) is 27.4 Å². The van der Waals surface area contributed by atoms with Crippen LogP contribution in [0.25, 0.3) is 0 Å². The molecule has 2 aromatic carbocycles. The summed E-state index contributed by atoms with van der Waals surface area (Å²) >= 11 is 1.46. The van der Waals surface area contributed by atoms with Crippen molar-refractivity contribution in [1.82, 2.24) is 4.98 Å². The van der Waals surface area contributed by atoms with E-state index < -0.39 is 0 Å². The molecule has 3 rings (SSSR count). The van der Waals surface area contributed by atoms with E-state index in [9.17, 15) is 4.79 Å². The molecule has 0 aliphatic carbocycles. The van der Waals surface area contributed by atoms with Gasteiger partial charge in [-0.05, 0) is 48.7 Å². The van der Waals surface area contributed by atoms with Gasteiger partial charge in [0.15, 0.2) is 0 Å². The van der Waals surface area contributed by atoms with Gasteiger partial charge in [0, 0.05) is 11.9 Å². The minimum absolute atomic E-state index is 0.0458. The summed E-state index contributed by atoms with van der Waals surface area (Å²) in [6.07, 6.45) is 1.74. The van der Waals surface area contributed by atoms with Crippen LogP contribution in [0, 0.1) is 13.8 Å². The maximum Gasteiger partial charge on any atom is 0.242 e. The number of amides is 1. The van der Waals surface area contributed by atoms with Crippen LogP contribution in [-0.2, 0) is 4.79 Å². The number of hydrogen-bond donors (Lipinski definition) is 1. The van der Waals surface area contributed by atoms with Crippen molar-refractivity contribution in [2.45, 2.75) is 24.1 Å². The summed E-state index contributed by atoms with van der Waals surface area (Å²) in [5, 5.41) is 3.54. The Kier molecular flexibility index (Phi) is 5.51. The minimum atomic E-state index is -0.365. The number of rotatable bonds is 5. The van der Waals surface area contributed by atoms with Crippen LogP contribution in [0.4, 0.5) is 5.69 Å². The Morgan fingerprint density at radius 1 is 1.00 bits per heavy atom. The molecule has 25 heavy (non-hydrogen) atoms. The molecule has 1 N–H and O–H groups in total. The lowest BCUT2D eigenvalue weighted by molar-refractivity contribution is -0.115. The van der Waals surface area contributed by atoms with Crippen LogP contribution >= 0.6 is 11.8 Å². The van der Waals surface area contributed by atoms with Gasteiger partial charge in [-0.15, -0.1) is 0 Å². The molecule has 0 spiro atoms. The second kappa shape index (κ2) is 7.99. The van der Waals surface area contributed by atoms with Crippen molar-refractivity contribution in [1.29, 1.82) is 0 Å². The quantitative estimate of drug-likeness (QED) is 0.647. The third-order valence-corrected chi connectivity index (χ3v) is 5.07. The van der Waals surface area contributed by atoms with Crippen molar-refractivity contribution in [3.05, 3.63) is 89.6 Å². The summed E-state index contributed by atoms with van der Waals surface area (Å²) in [6, 6.07) is 21.6. The van der Waals surface area contributed by atoms with Gasteiger partial charge in [-0.25, -0.2) is 4.98 Å². The molecule has 0 fully saturated rings. The van der Waals surface area contributed by atoms with E-state index in [0.29, 0.717) is 0 Å². The zero-order valence-corrected chi connectivity index (χ0v) is 15.1.